The summed E-state index contributed by atoms with van der Waals surface area (Å²) >= 11 is 1.24. The second-order valence-electron chi connectivity index (χ2n) is 8.38. The van der Waals surface area contributed by atoms with Gasteiger partial charge in [0.05, 0.1) is 16.4 Å². The van der Waals surface area contributed by atoms with E-state index in [1.165, 1.54) is 11.5 Å². The first-order valence-corrected chi connectivity index (χ1v) is 10.9. The van der Waals surface area contributed by atoms with Crippen LogP contribution in [0.3, 0.4) is 0 Å². The topological polar surface area (TPSA) is 105 Å². The average Bonchev–Trinajstić information content (AvgIpc) is 3.48. The molecule has 8 heteroatoms. The fourth-order valence-electron chi connectivity index (χ4n) is 4.73. The Hall–Kier alpha value is -3.26. The lowest BCUT2D eigenvalue weighted by atomic mass is 9.86. The first-order chi connectivity index (χ1) is 14.8. The molecule has 5 rings (SSSR count). The van der Waals surface area contributed by atoms with E-state index in [1.54, 1.807) is 24.3 Å². The third-order valence-corrected chi connectivity index (χ3v) is 7.11. The van der Waals surface area contributed by atoms with Gasteiger partial charge in [-0.1, -0.05) is 18.2 Å². The molecular formula is C23H21N3O4S. The molecule has 0 saturated heterocycles. The SMILES string of the molecule is Cc1cc(C)c2c(C[C@@](C(=O)O)(C3CC3)n3c(=O)[nH]c4ccccc4c3=O)snc2c1. The predicted molar refractivity (Wildman–Crippen MR) is 120 cm³/mol. The summed E-state index contributed by atoms with van der Waals surface area (Å²) < 4.78 is 5.48. The minimum atomic E-state index is -1.66. The minimum absolute atomic E-state index is 0.0411. The van der Waals surface area contributed by atoms with Gasteiger partial charge in [0.25, 0.3) is 5.56 Å². The van der Waals surface area contributed by atoms with Crippen molar-refractivity contribution in [3.05, 3.63) is 73.2 Å². The molecule has 1 aliphatic rings. The van der Waals surface area contributed by atoms with E-state index in [0.717, 1.165) is 31.5 Å². The maximum Gasteiger partial charge on any atom is 0.330 e. The van der Waals surface area contributed by atoms with Crippen molar-refractivity contribution in [2.45, 2.75) is 38.6 Å². The third-order valence-electron chi connectivity index (χ3n) is 6.25. The van der Waals surface area contributed by atoms with Crippen LogP contribution >= 0.6 is 11.5 Å². The van der Waals surface area contributed by atoms with Gasteiger partial charge in [0, 0.05) is 16.7 Å². The highest BCUT2D eigenvalue weighted by atomic mass is 32.1. The van der Waals surface area contributed by atoms with Crippen molar-refractivity contribution < 1.29 is 9.90 Å². The van der Waals surface area contributed by atoms with Crippen molar-refractivity contribution in [3.8, 4) is 0 Å². The number of aryl methyl sites for hydroxylation is 2. The quantitative estimate of drug-likeness (QED) is 0.500. The van der Waals surface area contributed by atoms with Crippen molar-refractivity contribution in [1.82, 2.24) is 13.9 Å². The second-order valence-corrected chi connectivity index (χ2v) is 9.24. The molecular weight excluding hydrogens is 414 g/mol. The van der Waals surface area contributed by atoms with E-state index in [0.29, 0.717) is 23.7 Å². The molecule has 0 unspecified atom stereocenters. The molecule has 2 aromatic heterocycles. The van der Waals surface area contributed by atoms with Gasteiger partial charge in [0.2, 0.25) is 0 Å². The van der Waals surface area contributed by atoms with E-state index < -0.39 is 22.8 Å². The van der Waals surface area contributed by atoms with Gasteiger partial charge in [-0.05, 0) is 73.5 Å². The van der Waals surface area contributed by atoms with Crippen LogP contribution < -0.4 is 11.2 Å². The Morgan fingerprint density at radius 2 is 2.00 bits per heavy atom. The Bertz CT molecular complexity index is 1480. The standard InChI is InChI=1S/C23H21N3O4S/c1-12-9-13(2)19-17(10-12)25-31-18(19)11-23(21(28)29,14-7-8-14)26-20(27)15-5-3-4-6-16(15)24-22(26)30/h3-6,9-10,14H,7-8,11H2,1-2H3,(H,24,30)(H,28,29)/t23-/m0/s1. The number of aliphatic carboxylic acids is 1. The maximum atomic E-state index is 13.4. The van der Waals surface area contributed by atoms with E-state index in [9.17, 15) is 19.5 Å². The van der Waals surface area contributed by atoms with Crippen LogP contribution in [-0.2, 0) is 16.8 Å². The smallest absolute Gasteiger partial charge is 0.330 e. The predicted octanol–water partition coefficient (Wildman–Crippen LogP) is 3.35. The average molecular weight is 436 g/mol. The lowest BCUT2D eigenvalue weighted by molar-refractivity contribution is -0.149. The summed E-state index contributed by atoms with van der Waals surface area (Å²) in [5, 5.41) is 11.7. The number of benzene rings is 2. The number of hydrogen-bond donors (Lipinski definition) is 2. The van der Waals surface area contributed by atoms with Gasteiger partial charge in [-0.15, -0.1) is 0 Å². The van der Waals surface area contributed by atoms with E-state index in [2.05, 4.69) is 9.36 Å². The number of para-hydroxylation sites is 1. The van der Waals surface area contributed by atoms with Gasteiger partial charge in [-0.2, -0.15) is 4.37 Å². The molecule has 0 radical (unpaired) electrons. The van der Waals surface area contributed by atoms with E-state index in [4.69, 9.17) is 0 Å². The summed E-state index contributed by atoms with van der Waals surface area (Å²) in [6.07, 6.45) is 1.35. The van der Waals surface area contributed by atoms with E-state index in [-0.39, 0.29) is 12.3 Å². The molecule has 4 aromatic rings. The summed E-state index contributed by atoms with van der Waals surface area (Å²) in [5.74, 6) is -1.46. The third kappa shape index (κ3) is 2.93. The molecule has 1 aliphatic carbocycles. The number of nitrogens with one attached hydrogen (secondary N) is 1. The highest BCUT2D eigenvalue weighted by Gasteiger charge is 2.55. The molecule has 158 valence electrons. The molecule has 1 atom stereocenters. The molecule has 0 amide bonds. The lowest BCUT2D eigenvalue weighted by Gasteiger charge is -2.31. The van der Waals surface area contributed by atoms with Crippen molar-refractivity contribution in [3.63, 3.8) is 0 Å². The lowest BCUT2D eigenvalue weighted by Crippen LogP contribution is -2.56. The first kappa shape index (κ1) is 19.7. The highest BCUT2D eigenvalue weighted by Crippen LogP contribution is 2.47. The van der Waals surface area contributed by atoms with Gasteiger partial charge >= 0.3 is 11.7 Å². The zero-order valence-electron chi connectivity index (χ0n) is 17.1. The summed E-state index contributed by atoms with van der Waals surface area (Å²) in [5.41, 5.74) is 0.371. The van der Waals surface area contributed by atoms with Crippen LogP contribution in [0.15, 0.2) is 46.0 Å². The van der Waals surface area contributed by atoms with Gasteiger partial charge < -0.3 is 10.1 Å². The Balaban J connectivity index is 1.79. The van der Waals surface area contributed by atoms with Gasteiger partial charge in [-0.3, -0.25) is 4.79 Å². The Kier molecular flexibility index (Phi) is 4.37. The Morgan fingerprint density at radius 3 is 2.71 bits per heavy atom. The van der Waals surface area contributed by atoms with Crippen molar-refractivity contribution in [2.24, 2.45) is 5.92 Å². The number of carbonyl (C=O) groups is 1. The van der Waals surface area contributed by atoms with Crippen LogP contribution in [0, 0.1) is 19.8 Å². The number of carboxylic acids is 1. The van der Waals surface area contributed by atoms with Crippen molar-refractivity contribution >= 4 is 39.3 Å². The molecule has 2 heterocycles. The second kappa shape index (κ2) is 6.88. The molecule has 0 spiro atoms. The fourth-order valence-corrected chi connectivity index (χ4v) is 5.73. The Morgan fingerprint density at radius 1 is 1.26 bits per heavy atom. The molecule has 7 nitrogen and oxygen atoms in total. The van der Waals surface area contributed by atoms with Crippen LogP contribution in [0.5, 0.6) is 0 Å². The van der Waals surface area contributed by atoms with Gasteiger partial charge in [0.15, 0.2) is 5.54 Å². The van der Waals surface area contributed by atoms with Gasteiger partial charge in [-0.25, -0.2) is 14.2 Å². The van der Waals surface area contributed by atoms with Crippen LogP contribution in [0.25, 0.3) is 21.8 Å². The molecule has 2 aromatic carbocycles. The number of hydrogen-bond acceptors (Lipinski definition) is 5. The first-order valence-electron chi connectivity index (χ1n) is 10.2. The number of aromatic nitrogens is 3. The summed E-state index contributed by atoms with van der Waals surface area (Å²) in [6, 6.07) is 10.7. The van der Waals surface area contributed by atoms with E-state index >= 15 is 0 Å². The summed E-state index contributed by atoms with van der Waals surface area (Å²) in [6.45, 7) is 3.97. The van der Waals surface area contributed by atoms with Crippen LogP contribution in [0.4, 0.5) is 0 Å². The number of H-pyrrole nitrogens is 1. The van der Waals surface area contributed by atoms with Crippen molar-refractivity contribution in [1.29, 1.82) is 0 Å². The Labute approximate surface area is 181 Å². The number of carboxylic acid groups (broad SMARTS) is 1. The molecule has 31 heavy (non-hydrogen) atoms. The van der Waals surface area contributed by atoms with Crippen LogP contribution in [0.2, 0.25) is 0 Å². The molecule has 0 aliphatic heterocycles. The van der Waals surface area contributed by atoms with Crippen LogP contribution in [-0.4, -0.2) is 25.0 Å². The number of fused-ring (bicyclic) bond motifs is 2. The summed E-state index contributed by atoms with van der Waals surface area (Å²) in [4.78, 5) is 42.8. The largest absolute Gasteiger partial charge is 0.479 e. The zero-order chi connectivity index (χ0) is 21.9. The number of rotatable bonds is 5. The molecule has 1 fully saturated rings. The van der Waals surface area contributed by atoms with E-state index in [1.807, 2.05) is 26.0 Å². The van der Waals surface area contributed by atoms with Gasteiger partial charge in [0.1, 0.15) is 0 Å². The summed E-state index contributed by atoms with van der Waals surface area (Å²) in [7, 11) is 0. The number of nitrogens with zero attached hydrogens (tertiary/aromatic N) is 2. The molecule has 0 bridgehead atoms. The normalized spacial score (nSPS) is 15.9. The zero-order valence-corrected chi connectivity index (χ0v) is 18.0. The van der Waals surface area contributed by atoms with Crippen LogP contribution in [0.1, 0.15) is 28.8 Å². The molecule has 1 saturated carbocycles. The maximum absolute atomic E-state index is 13.4. The highest BCUT2D eigenvalue weighted by molar-refractivity contribution is 7.07. The van der Waals surface area contributed by atoms with Crippen molar-refractivity contribution in [2.75, 3.05) is 0 Å². The number of aromatic amines is 1. The monoisotopic (exact) mass is 435 g/mol. The minimum Gasteiger partial charge on any atom is -0.479 e. The molecule has 2 N–H and O–H groups in total. The fraction of sp³-hybridized carbons (Fsp3) is 0.304.